The molecule has 0 atom stereocenters. The monoisotopic (exact) mass is 293 g/mol. The van der Waals surface area contributed by atoms with E-state index in [2.05, 4.69) is 10.2 Å². The lowest BCUT2D eigenvalue weighted by molar-refractivity contribution is -0.135. The van der Waals surface area contributed by atoms with Gasteiger partial charge in [0.1, 0.15) is 0 Å². The van der Waals surface area contributed by atoms with E-state index >= 15 is 0 Å². The predicted molar refractivity (Wildman–Crippen MR) is 73.3 cm³/mol. The molecule has 0 unspecified atom stereocenters. The summed E-state index contributed by atoms with van der Waals surface area (Å²) in [6, 6.07) is 3.87. The number of hydrogen-bond donors (Lipinski definition) is 0. The number of rotatable bonds is 4. The quantitative estimate of drug-likeness (QED) is 0.856. The van der Waals surface area contributed by atoms with E-state index in [4.69, 9.17) is 9.15 Å². The van der Waals surface area contributed by atoms with E-state index in [0.29, 0.717) is 50.9 Å². The Kier molecular flexibility index (Phi) is 4.08. The van der Waals surface area contributed by atoms with Gasteiger partial charge in [-0.25, -0.2) is 0 Å². The van der Waals surface area contributed by atoms with E-state index < -0.39 is 0 Å². The molecule has 1 aliphatic heterocycles. The number of morpholine rings is 1. The van der Waals surface area contributed by atoms with Gasteiger partial charge in [-0.15, -0.1) is 21.5 Å². The van der Waals surface area contributed by atoms with Crippen molar-refractivity contribution in [3.8, 4) is 10.8 Å². The Morgan fingerprint density at radius 2 is 2.20 bits per heavy atom. The van der Waals surface area contributed by atoms with E-state index in [1.165, 1.54) is 0 Å². The van der Waals surface area contributed by atoms with Crippen molar-refractivity contribution in [3.05, 3.63) is 23.4 Å². The predicted octanol–water partition coefficient (Wildman–Crippen LogP) is 1.59. The smallest absolute Gasteiger partial charge is 0.257 e. The van der Waals surface area contributed by atoms with Gasteiger partial charge in [-0.1, -0.05) is 6.07 Å². The first-order valence-electron chi connectivity index (χ1n) is 6.55. The highest BCUT2D eigenvalue weighted by atomic mass is 32.1. The second kappa shape index (κ2) is 6.15. The molecule has 2 aromatic rings. The molecule has 0 N–H and O–H groups in total. The molecule has 3 heterocycles. The summed E-state index contributed by atoms with van der Waals surface area (Å²) >= 11 is 1.55. The van der Waals surface area contributed by atoms with Crippen molar-refractivity contribution >= 4 is 17.2 Å². The highest BCUT2D eigenvalue weighted by Crippen LogP contribution is 2.23. The summed E-state index contributed by atoms with van der Waals surface area (Å²) in [7, 11) is 0. The van der Waals surface area contributed by atoms with Gasteiger partial charge in [-0.05, 0) is 11.4 Å². The SMILES string of the molecule is O=C(CCc1nnc(-c2cccs2)o1)N1CCOCC1. The van der Waals surface area contributed by atoms with Crippen molar-refractivity contribution in [3.63, 3.8) is 0 Å². The maximum Gasteiger partial charge on any atom is 0.257 e. The van der Waals surface area contributed by atoms with E-state index in [9.17, 15) is 4.79 Å². The summed E-state index contributed by atoms with van der Waals surface area (Å²) in [4.78, 5) is 14.8. The maximum atomic E-state index is 12.0. The zero-order valence-electron chi connectivity index (χ0n) is 10.9. The first-order valence-corrected chi connectivity index (χ1v) is 7.42. The lowest BCUT2D eigenvalue weighted by Crippen LogP contribution is -2.40. The number of carbonyl (C=O) groups excluding carboxylic acids is 1. The molecule has 2 aromatic heterocycles. The molecule has 1 aliphatic rings. The summed E-state index contributed by atoms with van der Waals surface area (Å²) in [5, 5.41) is 9.94. The lowest BCUT2D eigenvalue weighted by Gasteiger charge is -2.26. The summed E-state index contributed by atoms with van der Waals surface area (Å²) in [6.45, 7) is 2.58. The number of ether oxygens (including phenoxy) is 1. The number of aryl methyl sites for hydroxylation is 1. The number of aromatic nitrogens is 2. The van der Waals surface area contributed by atoms with E-state index in [1.807, 2.05) is 22.4 Å². The Morgan fingerprint density at radius 1 is 1.35 bits per heavy atom. The molecule has 0 aliphatic carbocycles. The van der Waals surface area contributed by atoms with Gasteiger partial charge in [-0.2, -0.15) is 0 Å². The fourth-order valence-electron chi connectivity index (χ4n) is 2.04. The molecule has 0 saturated carbocycles. The van der Waals surface area contributed by atoms with Gasteiger partial charge < -0.3 is 14.1 Å². The zero-order valence-corrected chi connectivity index (χ0v) is 11.8. The van der Waals surface area contributed by atoms with Gasteiger partial charge in [0.25, 0.3) is 5.89 Å². The average Bonchev–Trinajstić information content (AvgIpc) is 3.16. The van der Waals surface area contributed by atoms with E-state index in [-0.39, 0.29) is 5.91 Å². The zero-order chi connectivity index (χ0) is 13.8. The van der Waals surface area contributed by atoms with Crippen LogP contribution in [0.3, 0.4) is 0 Å². The van der Waals surface area contributed by atoms with Crippen LogP contribution in [0.25, 0.3) is 10.8 Å². The highest BCUT2D eigenvalue weighted by molar-refractivity contribution is 7.13. The summed E-state index contributed by atoms with van der Waals surface area (Å²) in [5.74, 6) is 1.15. The van der Waals surface area contributed by atoms with Crippen molar-refractivity contribution in [2.24, 2.45) is 0 Å². The fraction of sp³-hybridized carbons (Fsp3) is 0.462. The van der Waals surface area contributed by atoms with E-state index in [1.54, 1.807) is 11.3 Å². The first kappa shape index (κ1) is 13.3. The van der Waals surface area contributed by atoms with Gasteiger partial charge >= 0.3 is 0 Å². The van der Waals surface area contributed by atoms with Crippen LogP contribution in [0.4, 0.5) is 0 Å². The van der Waals surface area contributed by atoms with Crippen LogP contribution in [0.1, 0.15) is 12.3 Å². The summed E-state index contributed by atoms with van der Waals surface area (Å²) in [5.41, 5.74) is 0. The van der Waals surface area contributed by atoms with Crippen LogP contribution in [0.15, 0.2) is 21.9 Å². The molecule has 0 bridgehead atoms. The van der Waals surface area contributed by atoms with Crippen LogP contribution < -0.4 is 0 Å². The number of amides is 1. The van der Waals surface area contributed by atoms with Gasteiger partial charge in [-0.3, -0.25) is 4.79 Å². The average molecular weight is 293 g/mol. The fourth-order valence-corrected chi connectivity index (χ4v) is 2.68. The molecular formula is C13H15N3O3S. The Balaban J connectivity index is 1.54. The Labute approximate surface area is 120 Å². The van der Waals surface area contributed by atoms with E-state index in [0.717, 1.165) is 4.88 Å². The molecule has 6 nitrogen and oxygen atoms in total. The highest BCUT2D eigenvalue weighted by Gasteiger charge is 2.18. The van der Waals surface area contributed by atoms with Gasteiger partial charge in [0.2, 0.25) is 11.8 Å². The summed E-state index contributed by atoms with van der Waals surface area (Å²) in [6.07, 6.45) is 0.876. The molecule has 20 heavy (non-hydrogen) atoms. The van der Waals surface area contributed by atoms with Gasteiger partial charge in [0.05, 0.1) is 18.1 Å². The Bertz CT molecular complexity index is 561. The lowest BCUT2D eigenvalue weighted by atomic mass is 10.2. The van der Waals surface area contributed by atoms with Crippen LogP contribution >= 0.6 is 11.3 Å². The number of nitrogens with zero attached hydrogens (tertiary/aromatic N) is 3. The standard InChI is InChI=1S/C13H15N3O3S/c17-12(16-5-7-18-8-6-16)4-3-11-14-15-13(19-11)10-2-1-9-20-10/h1-2,9H,3-8H2. The van der Waals surface area contributed by atoms with Crippen LogP contribution in [0.5, 0.6) is 0 Å². The normalized spacial score (nSPS) is 15.5. The van der Waals surface area contributed by atoms with Crippen LogP contribution in [0, 0.1) is 0 Å². The molecular weight excluding hydrogens is 278 g/mol. The van der Waals surface area contributed by atoms with Crippen molar-refractivity contribution < 1.29 is 13.9 Å². The minimum atomic E-state index is 0.115. The van der Waals surface area contributed by atoms with Crippen LogP contribution in [0.2, 0.25) is 0 Å². The number of thiophene rings is 1. The van der Waals surface area contributed by atoms with Crippen molar-refractivity contribution in [1.82, 2.24) is 15.1 Å². The van der Waals surface area contributed by atoms with Crippen LogP contribution in [-0.4, -0.2) is 47.3 Å². The topological polar surface area (TPSA) is 68.5 Å². The Hall–Kier alpha value is -1.73. The van der Waals surface area contributed by atoms with Crippen molar-refractivity contribution in [1.29, 1.82) is 0 Å². The third-order valence-corrected chi connectivity index (χ3v) is 3.97. The number of hydrogen-bond acceptors (Lipinski definition) is 6. The van der Waals surface area contributed by atoms with Crippen molar-refractivity contribution in [2.45, 2.75) is 12.8 Å². The molecule has 1 fully saturated rings. The van der Waals surface area contributed by atoms with Gasteiger partial charge in [0.15, 0.2) is 0 Å². The van der Waals surface area contributed by atoms with Gasteiger partial charge in [0, 0.05) is 25.9 Å². The minimum Gasteiger partial charge on any atom is -0.420 e. The molecule has 106 valence electrons. The molecule has 1 amide bonds. The second-order valence-corrected chi connectivity index (χ2v) is 5.42. The molecule has 0 radical (unpaired) electrons. The third kappa shape index (κ3) is 3.05. The molecule has 7 heteroatoms. The maximum absolute atomic E-state index is 12.0. The Morgan fingerprint density at radius 3 is 2.95 bits per heavy atom. The third-order valence-electron chi connectivity index (χ3n) is 3.12. The number of carbonyl (C=O) groups is 1. The summed E-state index contributed by atoms with van der Waals surface area (Å²) < 4.78 is 10.8. The molecule has 0 spiro atoms. The molecule has 0 aromatic carbocycles. The molecule has 3 rings (SSSR count). The minimum absolute atomic E-state index is 0.115. The van der Waals surface area contributed by atoms with Crippen LogP contribution in [-0.2, 0) is 16.0 Å². The largest absolute Gasteiger partial charge is 0.420 e. The first-order chi connectivity index (χ1) is 9.83. The second-order valence-electron chi connectivity index (χ2n) is 4.47. The molecule has 1 saturated heterocycles. The van der Waals surface area contributed by atoms with Crippen molar-refractivity contribution in [2.75, 3.05) is 26.3 Å².